The maximum atomic E-state index is 13.0. The molecule has 2 heterocycles. The van der Waals surface area contributed by atoms with Gasteiger partial charge in [-0.05, 0) is 48.9 Å². The van der Waals surface area contributed by atoms with Crippen LogP contribution in [0.1, 0.15) is 21.5 Å². The van der Waals surface area contributed by atoms with Crippen molar-refractivity contribution in [3.8, 4) is 11.5 Å². The molecule has 0 spiro atoms. The van der Waals surface area contributed by atoms with Crippen LogP contribution in [0.3, 0.4) is 0 Å². The Morgan fingerprint density at radius 3 is 2.26 bits per heavy atom. The fourth-order valence-electron chi connectivity index (χ4n) is 3.36. The predicted molar refractivity (Wildman–Crippen MR) is 109 cm³/mol. The number of hydrogen-bond donors (Lipinski definition) is 0. The Hall–Kier alpha value is -3.68. The van der Waals surface area contributed by atoms with Crippen molar-refractivity contribution < 1.29 is 44.3 Å². The highest BCUT2D eigenvalue weighted by molar-refractivity contribution is 7.92. The first kappa shape index (κ1) is 24.4. The van der Waals surface area contributed by atoms with Crippen LogP contribution in [0.15, 0.2) is 59.9 Å². The van der Waals surface area contributed by atoms with Crippen LogP contribution >= 0.6 is 0 Å². The molecule has 0 unspecified atom stereocenters. The number of nitrogens with zero attached hydrogens (tertiary/aromatic N) is 3. The Bertz CT molecular complexity index is 1390. The molecule has 7 nitrogen and oxygen atoms in total. The average molecular weight is 517 g/mol. The quantitative estimate of drug-likeness (QED) is 0.366. The summed E-state index contributed by atoms with van der Waals surface area (Å²) in [5, 5.41) is -1.49. The minimum atomic E-state index is -5.82. The summed E-state index contributed by atoms with van der Waals surface area (Å²) in [5.41, 5.74) is -5.94. The van der Waals surface area contributed by atoms with E-state index >= 15 is 0 Å². The number of ether oxygens (including phenoxy) is 1. The highest BCUT2D eigenvalue weighted by Gasteiger charge is 2.49. The van der Waals surface area contributed by atoms with Gasteiger partial charge in [0.2, 0.25) is 0 Å². The van der Waals surface area contributed by atoms with Gasteiger partial charge in [-0.2, -0.15) is 26.3 Å². The molecule has 0 saturated carbocycles. The minimum Gasteiger partial charge on any atom is -0.457 e. The molecule has 1 aliphatic rings. The van der Waals surface area contributed by atoms with Gasteiger partial charge in [-0.1, -0.05) is 6.07 Å². The zero-order valence-corrected chi connectivity index (χ0v) is 18.1. The molecule has 0 fully saturated rings. The Morgan fingerprint density at radius 1 is 0.943 bits per heavy atom. The van der Waals surface area contributed by atoms with Crippen LogP contribution in [-0.2, 0) is 22.4 Å². The van der Waals surface area contributed by atoms with E-state index < -0.39 is 38.1 Å². The van der Waals surface area contributed by atoms with E-state index in [1.54, 1.807) is 0 Å². The van der Waals surface area contributed by atoms with Crippen LogP contribution in [0, 0.1) is 0 Å². The second-order valence-electron chi connectivity index (χ2n) is 7.26. The highest BCUT2D eigenvalue weighted by atomic mass is 32.2. The zero-order valence-electron chi connectivity index (χ0n) is 17.3. The molecular weight excluding hydrogens is 504 g/mol. The van der Waals surface area contributed by atoms with Crippen molar-refractivity contribution in [2.75, 3.05) is 11.4 Å². The van der Waals surface area contributed by atoms with Gasteiger partial charge in [0.25, 0.3) is 11.1 Å². The molecule has 0 atom stereocenters. The predicted octanol–water partition coefficient (Wildman–Crippen LogP) is 4.78. The Kier molecular flexibility index (Phi) is 5.95. The number of benzene rings is 2. The van der Waals surface area contributed by atoms with Crippen molar-refractivity contribution >= 4 is 21.6 Å². The van der Waals surface area contributed by atoms with Gasteiger partial charge < -0.3 is 4.74 Å². The van der Waals surface area contributed by atoms with Crippen molar-refractivity contribution in [3.63, 3.8) is 0 Å². The normalized spacial score (nSPS) is 14.6. The van der Waals surface area contributed by atoms with E-state index in [0.29, 0.717) is 5.56 Å². The number of carbonyl (C=O) groups excluding carboxylic acids is 1. The number of anilines is 1. The zero-order chi connectivity index (χ0) is 25.6. The van der Waals surface area contributed by atoms with Crippen LogP contribution in [0.5, 0.6) is 11.5 Å². The largest absolute Gasteiger partial charge is 0.505 e. The molecule has 14 heteroatoms. The number of hydrogen-bond acceptors (Lipinski definition) is 6. The molecule has 1 amide bonds. The number of aromatic nitrogens is 2. The molecule has 35 heavy (non-hydrogen) atoms. The molecule has 0 N–H and O–H groups in total. The third-order valence-corrected chi connectivity index (χ3v) is 6.33. The number of halogens is 6. The summed E-state index contributed by atoms with van der Waals surface area (Å²) in [7, 11) is -5.82. The Morgan fingerprint density at radius 2 is 1.63 bits per heavy atom. The van der Waals surface area contributed by atoms with Crippen molar-refractivity contribution in [1.82, 2.24) is 9.97 Å². The molecule has 0 radical (unpaired) electrons. The third kappa shape index (κ3) is 4.65. The van der Waals surface area contributed by atoms with E-state index in [2.05, 4.69) is 9.97 Å². The fourth-order valence-corrected chi connectivity index (χ4v) is 3.98. The summed E-state index contributed by atoms with van der Waals surface area (Å²) in [6, 6.07) is 9.44. The molecule has 0 saturated heterocycles. The molecule has 1 aromatic heterocycles. The van der Waals surface area contributed by atoms with E-state index in [0.717, 1.165) is 41.4 Å². The first-order valence-corrected chi connectivity index (χ1v) is 11.2. The lowest BCUT2D eigenvalue weighted by molar-refractivity contribution is -0.137. The number of alkyl halides is 6. The second kappa shape index (κ2) is 8.52. The van der Waals surface area contributed by atoms with Crippen LogP contribution < -0.4 is 9.64 Å². The van der Waals surface area contributed by atoms with Crippen LogP contribution in [0.4, 0.5) is 32.2 Å². The summed E-state index contributed by atoms with van der Waals surface area (Å²) in [4.78, 5) is 20.7. The monoisotopic (exact) mass is 517 g/mol. The van der Waals surface area contributed by atoms with Gasteiger partial charge in [-0.25, -0.2) is 18.4 Å². The molecule has 0 bridgehead atoms. The van der Waals surface area contributed by atoms with E-state index in [-0.39, 0.29) is 35.8 Å². The summed E-state index contributed by atoms with van der Waals surface area (Å²) < 4.78 is 106. The fraction of sp³-hybridized carbons (Fsp3) is 0.190. The summed E-state index contributed by atoms with van der Waals surface area (Å²) in [6.07, 6.45) is -3.57. The maximum absolute atomic E-state index is 13.0. The van der Waals surface area contributed by atoms with E-state index in [1.165, 1.54) is 18.2 Å². The van der Waals surface area contributed by atoms with Gasteiger partial charge in [0.15, 0.2) is 0 Å². The molecular formula is C21H13F6N3O4S. The van der Waals surface area contributed by atoms with Gasteiger partial charge >= 0.3 is 21.5 Å². The number of amides is 1. The van der Waals surface area contributed by atoms with Crippen molar-refractivity contribution in [1.29, 1.82) is 0 Å². The topological polar surface area (TPSA) is 89.5 Å². The van der Waals surface area contributed by atoms with E-state index in [1.807, 2.05) is 0 Å². The second-order valence-corrected chi connectivity index (χ2v) is 9.09. The van der Waals surface area contributed by atoms with Gasteiger partial charge in [0, 0.05) is 23.9 Å². The summed E-state index contributed by atoms with van der Waals surface area (Å²) >= 11 is 0. The van der Waals surface area contributed by atoms with Gasteiger partial charge in [0.05, 0.1) is 5.56 Å². The molecule has 2 aromatic carbocycles. The van der Waals surface area contributed by atoms with Crippen LogP contribution in [-0.4, -0.2) is 36.3 Å². The highest BCUT2D eigenvalue weighted by Crippen LogP contribution is 2.35. The summed E-state index contributed by atoms with van der Waals surface area (Å²) in [6.45, 7) is -0.0816. The Balaban J connectivity index is 1.62. The average Bonchev–Trinajstić information content (AvgIpc) is 2.79. The maximum Gasteiger partial charge on any atom is 0.505 e. The first-order valence-electron chi connectivity index (χ1n) is 9.72. The lowest BCUT2D eigenvalue weighted by Crippen LogP contribution is -2.38. The smallest absolute Gasteiger partial charge is 0.457 e. The number of sulfone groups is 1. The van der Waals surface area contributed by atoms with Crippen molar-refractivity contribution in [2.24, 2.45) is 0 Å². The van der Waals surface area contributed by atoms with Crippen molar-refractivity contribution in [2.45, 2.75) is 23.3 Å². The van der Waals surface area contributed by atoms with E-state index in [4.69, 9.17) is 4.74 Å². The van der Waals surface area contributed by atoms with E-state index in [9.17, 15) is 39.6 Å². The molecule has 184 valence electrons. The molecule has 0 aliphatic carbocycles. The number of fused-ring (bicyclic) bond motifs is 1. The Labute approximate surface area is 193 Å². The lowest BCUT2D eigenvalue weighted by atomic mass is 9.98. The first-order chi connectivity index (χ1) is 16.3. The van der Waals surface area contributed by atoms with Crippen LogP contribution in [0.25, 0.3) is 0 Å². The molecule has 4 rings (SSSR count). The van der Waals surface area contributed by atoms with Gasteiger partial charge in [-0.15, -0.1) is 0 Å². The number of rotatable bonds is 4. The van der Waals surface area contributed by atoms with Gasteiger partial charge in [-0.3, -0.25) is 9.69 Å². The standard InChI is InChI=1S/C21H13F6N3O4S/c22-20(23,24)12-4-6-13(7-5-12)34-16-3-1-2-15-14(16)9-11-30(18(15)31)17-8-10-28-19(29-17)35(32,33)21(25,26)27/h1-8,10H,9,11H2. The lowest BCUT2D eigenvalue weighted by Gasteiger charge is -2.29. The SMILES string of the molecule is O=C1c2cccc(Oc3ccc(C(F)(F)F)cc3)c2CCN1c1ccnc(S(=O)(=O)C(F)(F)F)n1. The van der Waals surface area contributed by atoms with Gasteiger partial charge in [0.1, 0.15) is 17.3 Å². The minimum absolute atomic E-state index is 0.0816. The summed E-state index contributed by atoms with van der Waals surface area (Å²) in [5.74, 6) is -0.719. The molecule has 1 aliphatic heterocycles. The third-order valence-electron chi connectivity index (χ3n) is 5.04. The van der Waals surface area contributed by atoms with Crippen molar-refractivity contribution in [3.05, 3.63) is 71.4 Å². The van der Waals surface area contributed by atoms with Crippen LogP contribution in [0.2, 0.25) is 0 Å². The molecule has 3 aromatic rings. The number of carbonyl (C=O) groups is 1.